The van der Waals surface area contributed by atoms with Gasteiger partial charge in [-0.05, 0) is 37.6 Å². The van der Waals surface area contributed by atoms with Crippen molar-refractivity contribution in [2.45, 2.75) is 77.7 Å². The van der Waals surface area contributed by atoms with Gasteiger partial charge in [0.1, 0.15) is 0 Å². The molecule has 3 nitrogen and oxygen atoms in total. The van der Waals surface area contributed by atoms with E-state index >= 15 is 0 Å². The van der Waals surface area contributed by atoms with Gasteiger partial charge in [-0.2, -0.15) is 0 Å². The van der Waals surface area contributed by atoms with Gasteiger partial charge >= 0.3 is 0 Å². The van der Waals surface area contributed by atoms with Crippen molar-refractivity contribution in [3.8, 4) is 0 Å². The zero-order chi connectivity index (χ0) is 13.4. The highest BCUT2D eigenvalue weighted by atomic mass is 16.1. The van der Waals surface area contributed by atoms with E-state index in [1.807, 2.05) is 0 Å². The van der Waals surface area contributed by atoms with Gasteiger partial charge in [0.25, 0.3) is 0 Å². The molecule has 0 aromatic rings. The Kier molecular flexibility index (Phi) is 6.69. The first-order valence-corrected chi connectivity index (χ1v) is 7.65. The van der Waals surface area contributed by atoms with Crippen LogP contribution in [0, 0.1) is 5.41 Å². The number of nitrogens with one attached hydrogen (secondary N) is 1. The molecule has 1 atom stereocenters. The molecule has 1 aliphatic rings. The van der Waals surface area contributed by atoms with Crippen LogP contribution in [-0.4, -0.2) is 18.5 Å². The fraction of sp³-hybridized carbons (Fsp3) is 0.933. The standard InChI is InChI=1S/C15H30N2O/c1-3-5-8-13(7-4-2)17-14(18)11-15(12-16)9-6-10-15/h13H,3-12,16H2,1-2H3,(H,17,18). The topological polar surface area (TPSA) is 55.1 Å². The maximum atomic E-state index is 12.1. The number of amides is 1. The van der Waals surface area contributed by atoms with Crippen LogP contribution in [0.25, 0.3) is 0 Å². The Labute approximate surface area is 112 Å². The molecule has 1 rings (SSSR count). The molecule has 1 saturated carbocycles. The molecular weight excluding hydrogens is 224 g/mol. The molecule has 0 bridgehead atoms. The minimum Gasteiger partial charge on any atom is -0.353 e. The molecule has 0 saturated heterocycles. The summed E-state index contributed by atoms with van der Waals surface area (Å²) < 4.78 is 0. The van der Waals surface area contributed by atoms with Gasteiger partial charge in [0.15, 0.2) is 0 Å². The fourth-order valence-corrected chi connectivity index (χ4v) is 2.84. The first kappa shape index (κ1) is 15.5. The second-order valence-electron chi connectivity index (χ2n) is 5.93. The van der Waals surface area contributed by atoms with E-state index in [1.54, 1.807) is 0 Å². The highest BCUT2D eigenvalue weighted by Crippen LogP contribution is 2.42. The number of carbonyl (C=O) groups excluding carboxylic acids is 1. The van der Waals surface area contributed by atoms with Gasteiger partial charge in [0, 0.05) is 12.5 Å². The molecular formula is C15H30N2O. The first-order chi connectivity index (χ1) is 8.65. The zero-order valence-corrected chi connectivity index (χ0v) is 12.1. The van der Waals surface area contributed by atoms with Crippen molar-refractivity contribution >= 4 is 5.91 Å². The Bertz CT molecular complexity index is 243. The molecule has 3 N–H and O–H groups in total. The summed E-state index contributed by atoms with van der Waals surface area (Å²) in [6.45, 7) is 5.04. The van der Waals surface area contributed by atoms with E-state index in [4.69, 9.17) is 5.73 Å². The average molecular weight is 254 g/mol. The van der Waals surface area contributed by atoms with Crippen molar-refractivity contribution < 1.29 is 4.79 Å². The Morgan fingerprint density at radius 1 is 1.28 bits per heavy atom. The van der Waals surface area contributed by atoms with Crippen molar-refractivity contribution in [1.82, 2.24) is 5.32 Å². The van der Waals surface area contributed by atoms with E-state index in [0.717, 1.165) is 32.1 Å². The normalized spacial score (nSPS) is 19.1. The van der Waals surface area contributed by atoms with Gasteiger partial charge in [0.2, 0.25) is 5.91 Å². The maximum absolute atomic E-state index is 12.1. The molecule has 0 aliphatic heterocycles. The predicted octanol–water partition coefficient (Wildman–Crippen LogP) is 2.98. The highest BCUT2D eigenvalue weighted by molar-refractivity contribution is 5.77. The van der Waals surface area contributed by atoms with Crippen LogP contribution in [0.5, 0.6) is 0 Å². The van der Waals surface area contributed by atoms with Gasteiger partial charge in [-0.3, -0.25) is 4.79 Å². The van der Waals surface area contributed by atoms with Crippen LogP contribution < -0.4 is 11.1 Å². The van der Waals surface area contributed by atoms with Gasteiger partial charge in [0.05, 0.1) is 0 Å². The third kappa shape index (κ3) is 4.60. The second-order valence-corrected chi connectivity index (χ2v) is 5.93. The van der Waals surface area contributed by atoms with Crippen molar-refractivity contribution in [2.24, 2.45) is 11.1 Å². The zero-order valence-electron chi connectivity index (χ0n) is 12.1. The van der Waals surface area contributed by atoms with Crippen molar-refractivity contribution in [2.75, 3.05) is 6.54 Å². The van der Waals surface area contributed by atoms with Crippen molar-refractivity contribution in [1.29, 1.82) is 0 Å². The number of hydrogen-bond donors (Lipinski definition) is 2. The van der Waals surface area contributed by atoms with Gasteiger partial charge in [-0.1, -0.05) is 39.5 Å². The molecule has 3 heteroatoms. The largest absolute Gasteiger partial charge is 0.353 e. The van der Waals surface area contributed by atoms with Crippen LogP contribution in [0.3, 0.4) is 0 Å². The maximum Gasteiger partial charge on any atom is 0.220 e. The van der Waals surface area contributed by atoms with Gasteiger partial charge in [-0.25, -0.2) is 0 Å². The van der Waals surface area contributed by atoms with Gasteiger partial charge < -0.3 is 11.1 Å². The minimum atomic E-state index is 0.131. The molecule has 0 radical (unpaired) electrons. The predicted molar refractivity (Wildman–Crippen MR) is 76.3 cm³/mol. The number of nitrogens with two attached hydrogens (primary N) is 1. The molecule has 1 fully saturated rings. The third-order valence-corrected chi connectivity index (χ3v) is 4.29. The average Bonchev–Trinajstić information content (AvgIpc) is 2.31. The SMILES string of the molecule is CCCCC(CCC)NC(=O)CC1(CN)CCC1. The van der Waals surface area contributed by atoms with Crippen LogP contribution in [0.2, 0.25) is 0 Å². The molecule has 0 spiro atoms. The molecule has 1 aliphatic carbocycles. The number of rotatable bonds is 9. The lowest BCUT2D eigenvalue weighted by Gasteiger charge is -2.40. The summed E-state index contributed by atoms with van der Waals surface area (Å²) in [7, 11) is 0. The van der Waals surface area contributed by atoms with E-state index < -0.39 is 0 Å². The van der Waals surface area contributed by atoms with E-state index in [-0.39, 0.29) is 11.3 Å². The summed E-state index contributed by atoms with van der Waals surface area (Å²) in [6, 6.07) is 0.373. The molecule has 18 heavy (non-hydrogen) atoms. The summed E-state index contributed by atoms with van der Waals surface area (Å²) in [5, 5.41) is 3.22. The molecule has 0 aromatic carbocycles. The summed E-state index contributed by atoms with van der Waals surface area (Å²) in [5.74, 6) is 0.217. The Morgan fingerprint density at radius 2 is 2.00 bits per heavy atom. The minimum absolute atomic E-state index is 0.131. The summed E-state index contributed by atoms with van der Waals surface area (Å²) in [5.41, 5.74) is 5.94. The lowest BCUT2D eigenvalue weighted by atomic mass is 9.66. The van der Waals surface area contributed by atoms with E-state index in [0.29, 0.717) is 19.0 Å². The first-order valence-electron chi connectivity index (χ1n) is 7.65. The van der Waals surface area contributed by atoms with Crippen LogP contribution in [0.15, 0.2) is 0 Å². The van der Waals surface area contributed by atoms with Gasteiger partial charge in [-0.15, -0.1) is 0 Å². The Hall–Kier alpha value is -0.570. The molecule has 1 unspecified atom stereocenters. The second kappa shape index (κ2) is 7.78. The number of carbonyl (C=O) groups is 1. The molecule has 1 amide bonds. The van der Waals surface area contributed by atoms with Crippen LogP contribution in [-0.2, 0) is 4.79 Å². The molecule has 0 aromatic heterocycles. The van der Waals surface area contributed by atoms with E-state index in [9.17, 15) is 4.79 Å². The lowest BCUT2D eigenvalue weighted by Crippen LogP contribution is -2.44. The van der Waals surface area contributed by atoms with E-state index in [2.05, 4.69) is 19.2 Å². The quantitative estimate of drug-likeness (QED) is 0.664. The van der Waals surface area contributed by atoms with Crippen LogP contribution >= 0.6 is 0 Å². The molecule has 0 heterocycles. The smallest absolute Gasteiger partial charge is 0.220 e. The number of unbranched alkanes of at least 4 members (excludes halogenated alkanes) is 1. The van der Waals surface area contributed by atoms with Crippen molar-refractivity contribution in [3.63, 3.8) is 0 Å². The van der Waals surface area contributed by atoms with E-state index in [1.165, 1.54) is 19.3 Å². The monoisotopic (exact) mass is 254 g/mol. The third-order valence-electron chi connectivity index (χ3n) is 4.29. The Morgan fingerprint density at radius 3 is 2.44 bits per heavy atom. The summed E-state index contributed by atoms with van der Waals surface area (Å²) >= 11 is 0. The Balaban J connectivity index is 2.35. The molecule has 106 valence electrons. The van der Waals surface area contributed by atoms with Crippen LogP contribution in [0.1, 0.15) is 71.6 Å². The van der Waals surface area contributed by atoms with Crippen molar-refractivity contribution in [3.05, 3.63) is 0 Å². The highest BCUT2D eigenvalue weighted by Gasteiger charge is 2.37. The number of hydrogen-bond acceptors (Lipinski definition) is 2. The van der Waals surface area contributed by atoms with Crippen LogP contribution in [0.4, 0.5) is 0 Å². The lowest BCUT2D eigenvalue weighted by molar-refractivity contribution is -0.125. The summed E-state index contributed by atoms with van der Waals surface area (Å²) in [4.78, 5) is 12.1. The summed E-state index contributed by atoms with van der Waals surface area (Å²) in [6.07, 6.45) is 9.88. The fourth-order valence-electron chi connectivity index (χ4n) is 2.84.